The van der Waals surface area contributed by atoms with Gasteiger partial charge in [0.25, 0.3) is 0 Å². The van der Waals surface area contributed by atoms with Crippen LogP contribution in [0.15, 0.2) is 24.3 Å². The fourth-order valence-corrected chi connectivity index (χ4v) is 6.87. The summed E-state index contributed by atoms with van der Waals surface area (Å²) in [5.74, 6) is -3.21. The number of unbranched alkanes of at least 4 members (excludes halogenated alkanes) is 22. The van der Waals surface area contributed by atoms with Crippen molar-refractivity contribution in [1.82, 2.24) is 4.90 Å². The van der Waals surface area contributed by atoms with Crippen molar-refractivity contribution in [1.29, 1.82) is 0 Å². The number of allylic oxidation sites excluding steroid dienone is 4. The molecule has 11 nitrogen and oxygen atoms in total. The van der Waals surface area contributed by atoms with E-state index in [0.717, 1.165) is 77.0 Å². The van der Waals surface area contributed by atoms with Crippen molar-refractivity contribution in [3.63, 3.8) is 0 Å². The summed E-state index contributed by atoms with van der Waals surface area (Å²) in [5, 5.41) is 30.5. The molecule has 0 saturated carbocycles. The van der Waals surface area contributed by atoms with Crippen LogP contribution in [0.25, 0.3) is 0 Å². The topological polar surface area (TPSA) is 174 Å². The fraction of sp³-hybridized carbons (Fsp3) is 0.833. The van der Waals surface area contributed by atoms with E-state index in [1.165, 1.54) is 77.0 Å². The number of carbonyl (C=O) groups is 3. The van der Waals surface area contributed by atoms with Gasteiger partial charge in [0.1, 0.15) is 12.1 Å². The van der Waals surface area contributed by atoms with Gasteiger partial charge in [-0.25, -0.2) is 4.57 Å². The molecule has 0 rings (SSSR count). The van der Waals surface area contributed by atoms with Crippen molar-refractivity contribution in [2.45, 2.75) is 206 Å². The third-order valence-corrected chi connectivity index (χ3v) is 10.4. The number of rotatable bonds is 39. The molecule has 0 bridgehead atoms. The molecular weight excluding hydrogens is 732 g/mol. The van der Waals surface area contributed by atoms with E-state index in [1.807, 2.05) is 0 Å². The second-order valence-electron chi connectivity index (χ2n) is 14.6. The fourth-order valence-electron chi connectivity index (χ4n) is 6.10. The monoisotopic (exact) mass is 810 g/mol. The molecule has 55 heavy (non-hydrogen) atoms. The third-order valence-electron chi connectivity index (χ3n) is 9.46. The van der Waals surface area contributed by atoms with Gasteiger partial charge < -0.3 is 25.0 Å². The number of amides is 2. The molecule has 13 heteroatoms. The second-order valence-corrected chi connectivity index (χ2v) is 16.0. The molecule has 2 amide bonds. The Morgan fingerprint density at radius 1 is 0.600 bits per heavy atom. The summed E-state index contributed by atoms with van der Waals surface area (Å²) in [6, 6.07) is -1.94. The van der Waals surface area contributed by atoms with Crippen LogP contribution in [0.4, 0.5) is 0 Å². The molecule has 0 fully saturated rings. The summed E-state index contributed by atoms with van der Waals surface area (Å²) in [6.07, 6.45) is 35.5. The van der Waals surface area contributed by atoms with Crippen molar-refractivity contribution < 1.29 is 77.8 Å². The Bertz CT molecular complexity index is 992. The Labute approximate surface area is 356 Å². The van der Waals surface area contributed by atoms with Crippen LogP contribution in [-0.2, 0) is 28.0 Å². The number of imide groups is 1. The smallest absolute Gasteiger partial charge is 0.548 e. The zero-order valence-electron chi connectivity index (χ0n) is 35.0. The number of carboxylic acid groups (broad SMARTS) is 1. The molecule has 0 aliphatic heterocycles. The maximum Gasteiger partial charge on any atom is 1.00 e. The van der Waals surface area contributed by atoms with Crippen LogP contribution < -0.4 is 34.7 Å². The molecule has 0 radical (unpaired) electrons. The molecule has 0 heterocycles. The first-order valence-electron chi connectivity index (χ1n) is 21.4. The number of aliphatic hydroxyl groups excluding tert-OH is 2. The summed E-state index contributed by atoms with van der Waals surface area (Å²) >= 11 is 0. The van der Waals surface area contributed by atoms with Crippen LogP contribution in [0.1, 0.15) is 194 Å². The first-order valence-corrected chi connectivity index (χ1v) is 22.9. The van der Waals surface area contributed by atoms with Gasteiger partial charge in [-0.2, -0.15) is 0 Å². The van der Waals surface area contributed by atoms with Crippen LogP contribution in [0.5, 0.6) is 0 Å². The summed E-state index contributed by atoms with van der Waals surface area (Å²) in [6.45, 7) is 1.95. The summed E-state index contributed by atoms with van der Waals surface area (Å²) < 4.78 is 21.7. The average Bonchev–Trinajstić information content (AvgIpc) is 3.15. The van der Waals surface area contributed by atoms with Crippen molar-refractivity contribution in [2.75, 3.05) is 19.8 Å². The van der Waals surface area contributed by atoms with E-state index in [2.05, 4.69) is 42.7 Å². The minimum Gasteiger partial charge on any atom is -0.548 e. The predicted molar refractivity (Wildman–Crippen MR) is 214 cm³/mol. The molecule has 0 aliphatic rings. The van der Waals surface area contributed by atoms with E-state index < -0.39 is 57.6 Å². The van der Waals surface area contributed by atoms with Crippen molar-refractivity contribution >= 4 is 25.6 Å². The molecule has 0 spiro atoms. The van der Waals surface area contributed by atoms with Gasteiger partial charge in [0, 0.05) is 12.8 Å². The van der Waals surface area contributed by atoms with E-state index in [0.29, 0.717) is 17.7 Å². The van der Waals surface area contributed by atoms with E-state index in [1.54, 1.807) is 0 Å². The Balaban J connectivity index is 0. The molecule has 0 aliphatic carbocycles. The Hall–Kier alpha value is -0.880. The number of aliphatic hydroxyl groups is 2. The number of carboxylic acids is 1. The zero-order valence-corrected chi connectivity index (χ0v) is 37.9. The average molecular weight is 810 g/mol. The van der Waals surface area contributed by atoms with Gasteiger partial charge >= 0.3 is 37.4 Å². The van der Waals surface area contributed by atoms with Crippen LogP contribution in [0.2, 0.25) is 0 Å². The van der Waals surface area contributed by atoms with Gasteiger partial charge in [0.15, 0.2) is 0 Å². The third kappa shape index (κ3) is 34.8. The second kappa shape index (κ2) is 39.9. The molecule has 3 N–H and O–H groups in total. The quantitative estimate of drug-likeness (QED) is 0.0288. The van der Waals surface area contributed by atoms with Crippen molar-refractivity contribution in [3.8, 4) is 0 Å². The molecule has 0 saturated heterocycles. The van der Waals surface area contributed by atoms with Gasteiger partial charge in [-0.3, -0.25) is 23.5 Å². The number of aliphatic carboxylic acids is 1. The standard InChI is InChI=1S/C42H78NO10P.Na/c1-3-5-7-9-11-13-15-17-19-21-23-25-27-29-31-33-40(46)43(39(42(48)49)37-53-54(50,51)52-36-38(45)35-44)41(47)34-32-30-28-26-24-22-20-18-16-14-12-10-8-6-4-2;/h17-20,38-39,44-45H,3-16,21-37H2,1-2H3,(H,48,49)(H,50,51);/q;+1/p-1/b19-17-,20-18-;/t38?,39-;/m0./s1. The van der Waals surface area contributed by atoms with Gasteiger partial charge in [0.2, 0.25) is 11.8 Å². The van der Waals surface area contributed by atoms with E-state index >= 15 is 0 Å². The van der Waals surface area contributed by atoms with E-state index in [9.17, 15) is 34.1 Å². The van der Waals surface area contributed by atoms with Crippen LogP contribution in [0, 0.1) is 0 Å². The van der Waals surface area contributed by atoms with Gasteiger partial charge in [-0.05, 0) is 64.2 Å². The first kappa shape index (κ1) is 56.2. The van der Waals surface area contributed by atoms with Crippen LogP contribution in [0.3, 0.4) is 0 Å². The molecular formula is C42H77NNaO10P. The maximum atomic E-state index is 13.3. The largest absolute Gasteiger partial charge is 1.00 e. The zero-order chi connectivity index (χ0) is 40.1. The van der Waals surface area contributed by atoms with Gasteiger partial charge in [-0.15, -0.1) is 0 Å². The maximum absolute atomic E-state index is 13.3. The first-order chi connectivity index (χ1) is 26.1. The Kier molecular flexibility index (Phi) is 40.8. The molecule has 2 unspecified atom stereocenters. The predicted octanol–water partition coefficient (Wildman–Crippen LogP) is 6.03. The molecule has 316 valence electrons. The summed E-state index contributed by atoms with van der Waals surface area (Å²) in [4.78, 5) is 49.4. The number of phosphoric ester groups is 1. The van der Waals surface area contributed by atoms with Crippen LogP contribution >= 0.6 is 7.82 Å². The minimum atomic E-state index is -4.88. The Morgan fingerprint density at radius 2 is 0.927 bits per heavy atom. The van der Waals surface area contributed by atoms with Crippen molar-refractivity contribution in [3.05, 3.63) is 24.3 Å². The number of phosphoric acid groups is 1. The molecule has 3 atom stereocenters. The summed E-state index contributed by atoms with van der Waals surface area (Å²) in [5.41, 5.74) is 0. The van der Waals surface area contributed by atoms with Crippen LogP contribution in [-0.4, -0.2) is 69.8 Å². The number of nitrogens with zero attached hydrogens (tertiary/aromatic N) is 1. The summed E-state index contributed by atoms with van der Waals surface area (Å²) in [7, 11) is -4.88. The number of hydrogen-bond donors (Lipinski definition) is 3. The molecule has 0 aromatic heterocycles. The molecule has 0 aromatic rings. The molecule has 0 aromatic carbocycles. The Morgan fingerprint density at radius 3 is 1.27 bits per heavy atom. The number of hydrogen-bond acceptors (Lipinski definition) is 9. The minimum absolute atomic E-state index is 0. The van der Waals surface area contributed by atoms with Gasteiger partial charge in [0.05, 0.1) is 25.8 Å². The van der Waals surface area contributed by atoms with E-state index in [-0.39, 0.29) is 42.4 Å². The number of carbonyl (C=O) groups excluding carboxylic acids is 3. The normalized spacial score (nSPS) is 13.8. The van der Waals surface area contributed by atoms with E-state index in [4.69, 9.17) is 9.63 Å². The van der Waals surface area contributed by atoms with Gasteiger partial charge in [-0.1, -0.05) is 141 Å². The van der Waals surface area contributed by atoms with Crippen molar-refractivity contribution in [2.24, 2.45) is 0 Å². The SMILES string of the molecule is CCCCCCCC/C=C\CCCCCCCC(=O)N(C(=O)CCCCCCC/C=C\CCCCCCCC)[C@@H](COP(=O)(O)OCC(O)CO)C(=O)[O-].[Na+].